The number of pyridine rings is 1. The van der Waals surface area contributed by atoms with Crippen molar-refractivity contribution in [3.05, 3.63) is 40.7 Å². The molecule has 0 radical (unpaired) electrons. The number of aromatic amines is 1. The summed E-state index contributed by atoms with van der Waals surface area (Å²) in [5, 5.41) is 13.7. The predicted octanol–water partition coefficient (Wildman–Crippen LogP) is 2.34. The summed E-state index contributed by atoms with van der Waals surface area (Å²) in [6, 6.07) is 9.21. The lowest BCUT2D eigenvalue weighted by molar-refractivity contribution is -0.138. The number of benzene rings is 1. The largest absolute Gasteiger partial charge is 0.481 e. The second-order valence-corrected chi connectivity index (χ2v) is 5.43. The van der Waals surface area contributed by atoms with Gasteiger partial charge in [0, 0.05) is 10.9 Å². The molecule has 3 rings (SSSR count). The number of aliphatic carboxylic acids is 1. The van der Waals surface area contributed by atoms with Crippen molar-refractivity contribution in [2.75, 3.05) is 5.32 Å². The minimum Gasteiger partial charge on any atom is -0.481 e. The Morgan fingerprint density at radius 3 is 2.75 bits per heavy atom. The minimum atomic E-state index is -0.819. The van der Waals surface area contributed by atoms with Crippen molar-refractivity contribution in [3.8, 4) is 0 Å². The lowest BCUT2D eigenvalue weighted by Gasteiger charge is -2.42. The zero-order valence-electron chi connectivity index (χ0n) is 11.0. The number of rotatable bonds is 4. The summed E-state index contributed by atoms with van der Waals surface area (Å²) in [6.45, 7) is 0. The van der Waals surface area contributed by atoms with E-state index in [-0.39, 0.29) is 12.0 Å². The molecule has 0 bridgehead atoms. The van der Waals surface area contributed by atoms with Crippen molar-refractivity contribution in [3.63, 3.8) is 0 Å². The topological polar surface area (TPSA) is 82.2 Å². The summed E-state index contributed by atoms with van der Waals surface area (Å²) in [4.78, 5) is 25.8. The number of anilines is 1. The highest BCUT2D eigenvalue weighted by atomic mass is 16.4. The predicted molar refractivity (Wildman–Crippen MR) is 77.0 cm³/mol. The molecule has 0 atom stereocenters. The van der Waals surface area contributed by atoms with Crippen LogP contribution in [0.1, 0.15) is 25.7 Å². The van der Waals surface area contributed by atoms with E-state index in [1.807, 2.05) is 24.3 Å². The maximum atomic E-state index is 12.0. The molecule has 1 heterocycles. The molecule has 5 heteroatoms. The van der Waals surface area contributed by atoms with Crippen molar-refractivity contribution < 1.29 is 9.90 Å². The summed E-state index contributed by atoms with van der Waals surface area (Å²) in [6.07, 6.45) is 2.71. The third-order valence-electron chi connectivity index (χ3n) is 3.95. The molecule has 1 saturated carbocycles. The zero-order valence-corrected chi connectivity index (χ0v) is 11.0. The number of aromatic nitrogens is 1. The Hall–Kier alpha value is -2.30. The van der Waals surface area contributed by atoms with Gasteiger partial charge >= 0.3 is 5.97 Å². The van der Waals surface area contributed by atoms with Gasteiger partial charge in [-0.1, -0.05) is 18.2 Å². The molecule has 1 fully saturated rings. The zero-order chi connectivity index (χ0) is 14.2. The molecule has 1 aliphatic carbocycles. The third kappa shape index (κ3) is 2.27. The Kier molecular flexibility index (Phi) is 2.97. The molecule has 20 heavy (non-hydrogen) atoms. The van der Waals surface area contributed by atoms with Crippen molar-refractivity contribution in [1.29, 1.82) is 0 Å². The van der Waals surface area contributed by atoms with Gasteiger partial charge in [0.05, 0.1) is 6.42 Å². The Morgan fingerprint density at radius 1 is 1.35 bits per heavy atom. The first-order chi connectivity index (χ1) is 9.58. The van der Waals surface area contributed by atoms with Crippen LogP contribution in [0.2, 0.25) is 0 Å². The molecule has 0 saturated heterocycles. The van der Waals surface area contributed by atoms with E-state index in [1.54, 1.807) is 6.07 Å². The van der Waals surface area contributed by atoms with Crippen LogP contribution in [0.3, 0.4) is 0 Å². The molecule has 104 valence electrons. The third-order valence-corrected chi connectivity index (χ3v) is 3.95. The summed E-state index contributed by atoms with van der Waals surface area (Å²) in [5.74, 6) is -0.227. The first-order valence-corrected chi connectivity index (χ1v) is 6.70. The van der Waals surface area contributed by atoms with Gasteiger partial charge < -0.3 is 15.4 Å². The van der Waals surface area contributed by atoms with Crippen LogP contribution in [0.25, 0.3) is 10.8 Å². The Balaban J connectivity index is 1.94. The molecule has 1 aliphatic rings. The molecule has 0 unspecified atom stereocenters. The van der Waals surface area contributed by atoms with Gasteiger partial charge in [-0.15, -0.1) is 0 Å². The normalized spacial score (nSPS) is 16.6. The monoisotopic (exact) mass is 272 g/mol. The van der Waals surface area contributed by atoms with E-state index >= 15 is 0 Å². The summed E-state index contributed by atoms with van der Waals surface area (Å²) >= 11 is 0. The van der Waals surface area contributed by atoms with Crippen LogP contribution < -0.4 is 10.9 Å². The second-order valence-electron chi connectivity index (χ2n) is 5.43. The van der Waals surface area contributed by atoms with E-state index < -0.39 is 11.5 Å². The van der Waals surface area contributed by atoms with Crippen LogP contribution in [-0.4, -0.2) is 21.6 Å². The Bertz CT molecular complexity index is 716. The molecule has 0 spiro atoms. The van der Waals surface area contributed by atoms with Crippen LogP contribution in [0.15, 0.2) is 35.1 Å². The highest BCUT2D eigenvalue weighted by Crippen LogP contribution is 2.37. The summed E-state index contributed by atoms with van der Waals surface area (Å²) in [5.41, 5.74) is -0.576. The molecule has 1 aromatic carbocycles. The number of carboxylic acids is 1. The maximum Gasteiger partial charge on any atom is 0.305 e. The number of hydrogen-bond acceptors (Lipinski definition) is 3. The fourth-order valence-corrected chi connectivity index (χ4v) is 2.80. The molecule has 1 aromatic heterocycles. The van der Waals surface area contributed by atoms with Gasteiger partial charge in [0.2, 0.25) is 0 Å². The van der Waals surface area contributed by atoms with Gasteiger partial charge in [0.1, 0.15) is 5.82 Å². The van der Waals surface area contributed by atoms with Crippen molar-refractivity contribution in [2.24, 2.45) is 0 Å². The number of carbonyl (C=O) groups is 1. The van der Waals surface area contributed by atoms with Crippen molar-refractivity contribution in [2.45, 2.75) is 31.2 Å². The molecule has 3 N–H and O–H groups in total. The quantitative estimate of drug-likeness (QED) is 0.797. The van der Waals surface area contributed by atoms with Gasteiger partial charge in [-0.05, 0) is 36.8 Å². The Morgan fingerprint density at radius 2 is 2.10 bits per heavy atom. The van der Waals surface area contributed by atoms with Crippen LogP contribution in [-0.2, 0) is 4.79 Å². The summed E-state index contributed by atoms with van der Waals surface area (Å²) in [7, 11) is 0. The second kappa shape index (κ2) is 4.67. The number of hydrogen-bond donors (Lipinski definition) is 3. The lowest BCUT2D eigenvalue weighted by atomic mass is 9.74. The highest BCUT2D eigenvalue weighted by molar-refractivity contribution is 5.83. The van der Waals surface area contributed by atoms with E-state index in [2.05, 4.69) is 10.3 Å². The first kappa shape index (κ1) is 12.7. The van der Waals surface area contributed by atoms with E-state index in [0.717, 1.165) is 24.6 Å². The molecule has 2 aromatic rings. The van der Waals surface area contributed by atoms with E-state index in [4.69, 9.17) is 5.11 Å². The Labute approximate surface area is 115 Å². The fourth-order valence-electron chi connectivity index (χ4n) is 2.80. The maximum absolute atomic E-state index is 12.0. The lowest BCUT2D eigenvalue weighted by Crippen LogP contribution is -2.47. The molecular formula is C15H16N2O3. The first-order valence-electron chi connectivity index (χ1n) is 6.70. The van der Waals surface area contributed by atoms with E-state index in [1.165, 1.54) is 0 Å². The van der Waals surface area contributed by atoms with Crippen molar-refractivity contribution >= 4 is 22.6 Å². The van der Waals surface area contributed by atoms with Gasteiger partial charge in [-0.2, -0.15) is 0 Å². The smallest absolute Gasteiger partial charge is 0.305 e. The van der Waals surface area contributed by atoms with Crippen LogP contribution in [0.5, 0.6) is 0 Å². The minimum absolute atomic E-state index is 0.0713. The van der Waals surface area contributed by atoms with Crippen molar-refractivity contribution in [1.82, 2.24) is 4.98 Å². The summed E-state index contributed by atoms with van der Waals surface area (Å²) < 4.78 is 0. The van der Waals surface area contributed by atoms with Gasteiger partial charge in [-0.25, -0.2) is 0 Å². The average Bonchev–Trinajstić information content (AvgIpc) is 2.35. The standard InChI is InChI=1S/C15H16N2O3/c18-13(19)9-15(6-3-7-15)17-12-8-10-4-1-2-5-11(10)14(20)16-12/h1-2,4-5,8H,3,6-7,9H2,(H,18,19)(H2,16,17,20). The van der Waals surface area contributed by atoms with Crippen LogP contribution >= 0.6 is 0 Å². The van der Waals surface area contributed by atoms with Gasteiger partial charge in [0.15, 0.2) is 0 Å². The highest BCUT2D eigenvalue weighted by Gasteiger charge is 2.39. The number of H-pyrrole nitrogens is 1. The average molecular weight is 272 g/mol. The van der Waals surface area contributed by atoms with Crippen LogP contribution in [0.4, 0.5) is 5.82 Å². The molecule has 0 aliphatic heterocycles. The van der Waals surface area contributed by atoms with Gasteiger partial charge in [-0.3, -0.25) is 9.59 Å². The van der Waals surface area contributed by atoms with E-state index in [9.17, 15) is 9.59 Å². The molecule has 5 nitrogen and oxygen atoms in total. The van der Waals surface area contributed by atoms with Crippen LogP contribution in [0, 0.1) is 0 Å². The number of carboxylic acid groups (broad SMARTS) is 1. The van der Waals surface area contributed by atoms with Gasteiger partial charge in [0.25, 0.3) is 5.56 Å². The number of nitrogens with one attached hydrogen (secondary N) is 2. The van der Waals surface area contributed by atoms with E-state index in [0.29, 0.717) is 11.2 Å². The SMILES string of the molecule is O=C(O)CC1(Nc2cc3ccccc3c(=O)[nH]2)CCC1. The molecule has 0 amide bonds. The molecular weight excluding hydrogens is 256 g/mol. The number of fused-ring (bicyclic) bond motifs is 1. The fraction of sp³-hybridized carbons (Fsp3) is 0.333.